The number of fused-ring (bicyclic) bond motifs is 1. The van der Waals surface area contributed by atoms with Gasteiger partial charge in [-0.2, -0.15) is 0 Å². The lowest BCUT2D eigenvalue weighted by Gasteiger charge is -2.15. The van der Waals surface area contributed by atoms with Gasteiger partial charge in [-0.1, -0.05) is 41.9 Å². The zero-order valence-corrected chi connectivity index (χ0v) is 16.1. The summed E-state index contributed by atoms with van der Waals surface area (Å²) in [5.74, 6) is 0.0904. The van der Waals surface area contributed by atoms with Gasteiger partial charge in [0, 0.05) is 4.47 Å². The second kappa shape index (κ2) is 8.13. The number of carbonyl (C=O) groups excluding carboxylic acids is 1. The minimum atomic E-state index is -0.870. The largest absolute Gasteiger partial charge is 0.490 e. The van der Waals surface area contributed by atoms with E-state index in [-0.39, 0.29) is 25.1 Å². The Hall–Kier alpha value is -1.11. The SMILES string of the molecule is CC(C)C(=O)OCC(O)COc1ccc2cc(Br)ccc2c1Br. The number of hydrogen-bond donors (Lipinski definition) is 1. The standard InChI is InChI=1S/C17H18Br2O4/c1-10(2)17(21)23-9-13(20)8-22-15-6-3-11-7-12(18)4-5-14(11)16(15)19/h3-7,10,13,20H,8-9H2,1-2H3. The van der Waals surface area contributed by atoms with Gasteiger partial charge < -0.3 is 14.6 Å². The lowest BCUT2D eigenvalue weighted by atomic mass is 10.1. The molecule has 1 atom stereocenters. The van der Waals surface area contributed by atoms with Crippen molar-refractivity contribution in [2.75, 3.05) is 13.2 Å². The molecule has 0 bridgehead atoms. The first-order valence-electron chi connectivity index (χ1n) is 7.23. The predicted octanol–water partition coefficient (Wildman–Crippen LogP) is 4.30. The quantitative estimate of drug-likeness (QED) is 0.673. The first-order chi connectivity index (χ1) is 10.9. The van der Waals surface area contributed by atoms with E-state index < -0.39 is 6.10 Å². The molecule has 0 amide bonds. The van der Waals surface area contributed by atoms with E-state index in [4.69, 9.17) is 9.47 Å². The molecule has 0 aliphatic rings. The summed E-state index contributed by atoms with van der Waals surface area (Å²) in [7, 11) is 0. The summed E-state index contributed by atoms with van der Waals surface area (Å²) in [6, 6.07) is 9.75. The number of carbonyl (C=O) groups is 1. The second-order valence-electron chi connectivity index (χ2n) is 5.49. The summed E-state index contributed by atoms with van der Waals surface area (Å²) < 4.78 is 12.4. The van der Waals surface area contributed by atoms with E-state index in [1.807, 2.05) is 30.3 Å². The lowest BCUT2D eigenvalue weighted by molar-refractivity contribution is -0.150. The van der Waals surface area contributed by atoms with Crippen LogP contribution >= 0.6 is 31.9 Å². The summed E-state index contributed by atoms with van der Waals surface area (Å²) in [6.07, 6.45) is -0.870. The van der Waals surface area contributed by atoms with Crippen molar-refractivity contribution in [2.24, 2.45) is 5.92 Å². The maximum atomic E-state index is 11.4. The molecule has 2 aromatic rings. The van der Waals surface area contributed by atoms with E-state index >= 15 is 0 Å². The molecule has 0 saturated carbocycles. The van der Waals surface area contributed by atoms with Gasteiger partial charge in [-0.15, -0.1) is 0 Å². The van der Waals surface area contributed by atoms with Crippen LogP contribution in [0.5, 0.6) is 5.75 Å². The lowest BCUT2D eigenvalue weighted by Crippen LogP contribution is -2.26. The highest BCUT2D eigenvalue weighted by atomic mass is 79.9. The summed E-state index contributed by atoms with van der Waals surface area (Å²) in [5, 5.41) is 12.0. The Morgan fingerprint density at radius 1 is 1.17 bits per heavy atom. The van der Waals surface area contributed by atoms with Crippen molar-refractivity contribution in [3.8, 4) is 5.75 Å². The van der Waals surface area contributed by atoms with Gasteiger partial charge >= 0.3 is 5.97 Å². The number of ether oxygens (including phenoxy) is 2. The van der Waals surface area contributed by atoms with Crippen molar-refractivity contribution in [1.29, 1.82) is 0 Å². The highest BCUT2D eigenvalue weighted by molar-refractivity contribution is 9.11. The normalized spacial score (nSPS) is 12.4. The molecule has 0 aliphatic carbocycles. The third kappa shape index (κ3) is 4.93. The van der Waals surface area contributed by atoms with E-state index in [1.165, 1.54) is 0 Å². The van der Waals surface area contributed by atoms with E-state index in [1.54, 1.807) is 13.8 Å². The zero-order valence-electron chi connectivity index (χ0n) is 12.9. The van der Waals surface area contributed by atoms with Crippen LogP contribution in [0.2, 0.25) is 0 Å². The number of aliphatic hydroxyl groups excluding tert-OH is 1. The molecule has 0 aromatic heterocycles. The molecule has 23 heavy (non-hydrogen) atoms. The fourth-order valence-electron chi connectivity index (χ4n) is 1.93. The number of benzene rings is 2. The molecule has 6 heteroatoms. The van der Waals surface area contributed by atoms with Crippen LogP contribution in [0.3, 0.4) is 0 Å². The summed E-state index contributed by atoms with van der Waals surface area (Å²) in [5.41, 5.74) is 0. The molecule has 0 heterocycles. The maximum absolute atomic E-state index is 11.4. The van der Waals surface area contributed by atoms with Gasteiger partial charge in [0.2, 0.25) is 0 Å². The maximum Gasteiger partial charge on any atom is 0.308 e. The van der Waals surface area contributed by atoms with Crippen LogP contribution in [-0.2, 0) is 9.53 Å². The molecule has 4 nitrogen and oxygen atoms in total. The molecule has 124 valence electrons. The molecular weight excluding hydrogens is 428 g/mol. The smallest absolute Gasteiger partial charge is 0.308 e. The van der Waals surface area contributed by atoms with Crippen molar-refractivity contribution in [3.63, 3.8) is 0 Å². The number of hydrogen-bond acceptors (Lipinski definition) is 4. The molecule has 0 radical (unpaired) electrons. The zero-order chi connectivity index (χ0) is 17.0. The summed E-state index contributed by atoms with van der Waals surface area (Å²) in [6.45, 7) is 3.46. The Morgan fingerprint density at radius 3 is 2.61 bits per heavy atom. The summed E-state index contributed by atoms with van der Waals surface area (Å²) in [4.78, 5) is 11.4. The monoisotopic (exact) mass is 444 g/mol. The first-order valence-corrected chi connectivity index (χ1v) is 8.82. The second-order valence-corrected chi connectivity index (χ2v) is 7.20. The van der Waals surface area contributed by atoms with Gasteiger partial charge in [0.1, 0.15) is 25.1 Å². The van der Waals surface area contributed by atoms with Crippen LogP contribution in [0.15, 0.2) is 39.3 Å². The van der Waals surface area contributed by atoms with Crippen molar-refractivity contribution in [2.45, 2.75) is 20.0 Å². The van der Waals surface area contributed by atoms with Crippen molar-refractivity contribution in [1.82, 2.24) is 0 Å². The van der Waals surface area contributed by atoms with Gasteiger partial charge in [0.05, 0.1) is 10.4 Å². The predicted molar refractivity (Wildman–Crippen MR) is 96.6 cm³/mol. The minimum Gasteiger partial charge on any atom is -0.490 e. The van der Waals surface area contributed by atoms with E-state index in [0.29, 0.717) is 5.75 Å². The Labute approximate surface area is 152 Å². The Balaban J connectivity index is 1.98. The van der Waals surface area contributed by atoms with Crippen LogP contribution in [0.4, 0.5) is 0 Å². The Kier molecular flexibility index (Phi) is 6.44. The Morgan fingerprint density at radius 2 is 1.91 bits per heavy atom. The Bertz CT molecular complexity index is 700. The number of esters is 1. The van der Waals surface area contributed by atoms with Crippen LogP contribution in [0.1, 0.15) is 13.8 Å². The topological polar surface area (TPSA) is 55.8 Å². The minimum absolute atomic E-state index is 0.0476. The van der Waals surface area contributed by atoms with Gasteiger partial charge in [-0.25, -0.2) is 0 Å². The number of rotatable bonds is 6. The number of aliphatic hydroxyl groups is 1. The molecule has 0 aliphatic heterocycles. The summed E-state index contributed by atoms with van der Waals surface area (Å²) >= 11 is 6.97. The van der Waals surface area contributed by atoms with Gasteiger partial charge in [-0.05, 0) is 44.9 Å². The van der Waals surface area contributed by atoms with Gasteiger partial charge in [0.15, 0.2) is 0 Å². The van der Waals surface area contributed by atoms with Crippen molar-refractivity contribution < 1.29 is 19.4 Å². The average Bonchev–Trinajstić information content (AvgIpc) is 2.51. The van der Waals surface area contributed by atoms with Gasteiger partial charge in [0.25, 0.3) is 0 Å². The fraction of sp³-hybridized carbons (Fsp3) is 0.353. The molecule has 0 spiro atoms. The molecule has 2 aromatic carbocycles. The van der Waals surface area contributed by atoms with Crippen LogP contribution in [-0.4, -0.2) is 30.4 Å². The third-order valence-electron chi connectivity index (χ3n) is 3.20. The molecule has 0 fully saturated rings. The van der Waals surface area contributed by atoms with E-state index in [9.17, 15) is 9.90 Å². The van der Waals surface area contributed by atoms with Crippen molar-refractivity contribution >= 4 is 48.6 Å². The highest BCUT2D eigenvalue weighted by Crippen LogP contribution is 2.34. The van der Waals surface area contributed by atoms with Crippen LogP contribution in [0.25, 0.3) is 10.8 Å². The highest BCUT2D eigenvalue weighted by Gasteiger charge is 2.14. The average molecular weight is 446 g/mol. The molecule has 0 saturated heterocycles. The molecular formula is C17H18Br2O4. The van der Waals surface area contributed by atoms with E-state index in [2.05, 4.69) is 31.9 Å². The van der Waals surface area contributed by atoms with Crippen molar-refractivity contribution in [3.05, 3.63) is 39.3 Å². The van der Waals surface area contributed by atoms with Crippen LogP contribution in [0, 0.1) is 5.92 Å². The third-order valence-corrected chi connectivity index (χ3v) is 4.51. The molecule has 1 unspecified atom stereocenters. The fourth-order valence-corrected chi connectivity index (χ4v) is 2.92. The van der Waals surface area contributed by atoms with Gasteiger partial charge in [-0.3, -0.25) is 4.79 Å². The molecule has 2 rings (SSSR count). The molecule has 1 N–H and O–H groups in total. The number of halogens is 2. The van der Waals surface area contributed by atoms with Crippen LogP contribution < -0.4 is 4.74 Å². The first kappa shape index (κ1) is 18.2. The van der Waals surface area contributed by atoms with E-state index in [0.717, 1.165) is 19.7 Å².